The molecular formula is C10H18N2O3. The van der Waals surface area contributed by atoms with Gasteiger partial charge in [-0.1, -0.05) is 13.0 Å². The number of urea groups is 1. The molecule has 0 aromatic carbocycles. The normalized spacial score (nSPS) is 11.6. The Bertz CT molecular complexity index is 241. The van der Waals surface area contributed by atoms with E-state index in [4.69, 9.17) is 5.11 Å². The lowest BCUT2D eigenvalue weighted by atomic mass is 10.3. The van der Waals surface area contributed by atoms with Gasteiger partial charge in [0.2, 0.25) is 0 Å². The van der Waals surface area contributed by atoms with Gasteiger partial charge in [-0.15, -0.1) is 6.58 Å². The molecule has 86 valence electrons. The van der Waals surface area contributed by atoms with Crippen LogP contribution in [-0.4, -0.2) is 41.1 Å². The maximum atomic E-state index is 11.5. The summed E-state index contributed by atoms with van der Waals surface area (Å²) in [4.78, 5) is 23.6. The summed E-state index contributed by atoms with van der Waals surface area (Å²) in [7, 11) is 0. The van der Waals surface area contributed by atoms with Crippen LogP contribution in [0.15, 0.2) is 12.7 Å². The number of hydrogen-bond donors (Lipinski definition) is 2. The van der Waals surface area contributed by atoms with Crippen molar-refractivity contribution in [2.45, 2.75) is 26.3 Å². The Hall–Kier alpha value is -1.52. The molecular weight excluding hydrogens is 196 g/mol. The van der Waals surface area contributed by atoms with E-state index in [1.54, 1.807) is 6.08 Å². The highest BCUT2D eigenvalue weighted by Gasteiger charge is 2.17. The van der Waals surface area contributed by atoms with E-state index in [1.807, 2.05) is 6.92 Å². The number of amides is 2. The van der Waals surface area contributed by atoms with E-state index < -0.39 is 12.0 Å². The van der Waals surface area contributed by atoms with Gasteiger partial charge in [-0.05, 0) is 13.3 Å². The van der Waals surface area contributed by atoms with Gasteiger partial charge in [0.25, 0.3) is 0 Å². The van der Waals surface area contributed by atoms with Crippen LogP contribution < -0.4 is 5.32 Å². The second kappa shape index (κ2) is 6.86. The third-order valence-electron chi connectivity index (χ3n) is 1.84. The number of carbonyl (C=O) groups excluding carboxylic acids is 1. The zero-order chi connectivity index (χ0) is 11.8. The molecule has 0 aromatic heterocycles. The van der Waals surface area contributed by atoms with Gasteiger partial charge in [0, 0.05) is 13.1 Å². The lowest BCUT2D eigenvalue weighted by Crippen LogP contribution is -2.46. The van der Waals surface area contributed by atoms with E-state index in [-0.39, 0.29) is 6.03 Å². The molecule has 0 saturated heterocycles. The summed E-state index contributed by atoms with van der Waals surface area (Å²) in [5.41, 5.74) is 0. The molecule has 0 aliphatic heterocycles. The number of hydrogen-bond acceptors (Lipinski definition) is 2. The number of nitrogens with one attached hydrogen (secondary N) is 1. The standard InChI is InChI=1S/C10H18N2O3/c1-4-6-12(7-5-2)10(15)11-8(3)9(13)14/h4,8H,1,5-7H2,2-3H3,(H,11,15)(H,13,14). The first-order valence-corrected chi connectivity index (χ1v) is 4.92. The van der Waals surface area contributed by atoms with Gasteiger partial charge in [-0.25, -0.2) is 4.79 Å². The van der Waals surface area contributed by atoms with Crippen molar-refractivity contribution in [2.75, 3.05) is 13.1 Å². The minimum absolute atomic E-state index is 0.369. The molecule has 1 unspecified atom stereocenters. The van der Waals surface area contributed by atoms with Crippen molar-refractivity contribution < 1.29 is 14.7 Å². The molecule has 0 aliphatic carbocycles. The van der Waals surface area contributed by atoms with Gasteiger partial charge < -0.3 is 15.3 Å². The first-order valence-electron chi connectivity index (χ1n) is 4.92. The van der Waals surface area contributed by atoms with E-state index in [9.17, 15) is 9.59 Å². The summed E-state index contributed by atoms with van der Waals surface area (Å²) in [6, 6.07) is -1.24. The summed E-state index contributed by atoms with van der Waals surface area (Å²) < 4.78 is 0. The first-order chi connectivity index (χ1) is 7.02. The molecule has 2 amide bonds. The van der Waals surface area contributed by atoms with Gasteiger partial charge in [-0.2, -0.15) is 0 Å². The largest absolute Gasteiger partial charge is 0.480 e. The summed E-state index contributed by atoms with van der Waals surface area (Å²) in [6.07, 6.45) is 2.43. The van der Waals surface area contributed by atoms with Crippen LogP contribution in [0.3, 0.4) is 0 Å². The van der Waals surface area contributed by atoms with Crippen molar-refractivity contribution in [1.29, 1.82) is 0 Å². The van der Waals surface area contributed by atoms with Crippen LogP contribution in [-0.2, 0) is 4.79 Å². The molecule has 5 heteroatoms. The molecule has 2 N–H and O–H groups in total. The molecule has 0 aliphatic rings. The van der Waals surface area contributed by atoms with Crippen LogP contribution in [0.5, 0.6) is 0 Å². The number of carbonyl (C=O) groups is 2. The van der Waals surface area contributed by atoms with Gasteiger partial charge in [0.1, 0.15) is 6.04 Å². The maximum absolute atomic E-state index is 11.5. The van der Waals surface area contributed by atoms with Gasteiger partial charge in [0.05, 0.1) is 0 Å². The second-order valence-corrected chi connectivity index (χ2v) is 3.24. The molecule has 0 bridgehead atoms. The number of rotatable bonds is 6. The van der Waals surface area contributed by atoms with E-state index >= 15 is 0 Å². The topological polar surface area (TPSA) is 69.6 Å². The number of aliphatic carboxylic acids is 1. The third kappa shape index (κ3) is 5.05. The molecule has 0 heterocycles. The fraction of sp³-hybridized carbons (Fsp3) is 0.600. The zero-order valence-corrected chi connectivity index (χ0v) is 9.19. The van der Waals surface area contributed by atoms with E-state index in [0.717, 1.165) is 6.42 Å². The van der Waals surface area contributed by atoms with Gasteiger partial charge in [-0.3, -0.25) is 4.79 Å². The summed E-state index contributed by atoms with van der Waals surface area (Å²) in [6.45, 7) is 7.93. The average molecular weight is 214 g/mol. The average Bonchev–Trinajstić information content (AvgIpc) is 2.17. The Balaban J connectivity index is 4.24. The Morgan fingerprint density at radius 3 is 2.60 bits per heavy atom. The van der Waals surface area contributed by atoms with Crippen molar-refractivity contribution in [3.05, 3.63) is 12.7 Å². The van der Waals surface area contributed by atoms with Crippen LogP contribution in [0.1, 0.15) is 20.3 Å². The Labute approximate surface area is 89.8 Å². The number of carboxylic acid groups (broad SMARTS) is 1. The minimum Gasteiger partial charge on any atom is -0.480 e. The molecule has 0 aromatic rings. The lowest BCUT2D eigenvalue weighted by molar-refractivity contribution is -0.138. The van der Waals surface area contributed by atoms with E-state index in [1.165, 1.54) is 11.8 Å². The molecule has 5 nitrogen and oxygen atoms in total. The Morgan fingerprint density at radius 2 is 2.20 bits per heavy atom. The fourth-order valence-corrected chi connectivity index (χ4v) is 1.04. The first kappa shape index (κ1) is 13.5. The van der Waals surface area contributed by atoms with Crippen molar-refractivity contribution >= 4 is 12.0 Å². The maximum Gasteiger partial charge on any atom is 0.325 e. The molecule has 0 fully saturated rings. The number of carboxylic acids is 1. The van der Waals surface area contributed by atoms with E-state index in [0.29, 0.717) is 13.1 Å². The quantitative estimate of drug-likeness (QED) is 0.650. The van der Waals surface area contributed by atoms with Crippen molar-refractivity contribution in [3.8, 4) is 0 Å². The van der Waals surface area contributed by atoms with Crippen molar-refractivity contribution in [1.82, 2.24) is 10.2 Å². The monoisotopic (exact) mass is 214 g/mol. The molecule has 0 rings (SSSR count). The SMILES string of the molecule is C=CCN(CCC)C(=O)NC(C)C(=O)O. The summed E-state index contributed by atoms with van der Waals surface area (Å²) in [5, 5.41) is 11.0. The van der Waals surface area contributed by atoms with E-state index in [2.05, 4.69) is 11.9 Å². The van der Waals surface area contributed by atoms with Crippen LogP contribution in [0.25, 0.3) is 0 Å². The van der Waals surface area contributed by atoms with Crippen LogP contribution in [0, 0.1) is 0 Å². The lowest BCUT2D eigenvalue weighted by Gasteiger charge is -2.22. The second-order valence-electron chi connectivity index (χ2n) is 3.24. The van der Waals surface area contributed by atoms with Crippen molar-refractivity contribution in [3.63, 3.8) is 0 Å². The number of nitrogens with zero attached hydrogens (tertiary/aromatic N) is 1. The molecule has 0 radical (unpaired) electrons. The molecule has 1 atom stereocenters. The van der Waals surface area contributed by atoms with Crippen LogP contribution >= 0.6 is 0 Å². The highest BCUT2D eigenvalue weighted by Crippen LogP contribution is 1.94. The predicted molar refractivity (Wildman–Crippen MR) is 57.7 cm³/mol. The van der Waals surface area contributed by atoms with Gasteiger partial charge >= 0.3 is 12.0 Å². The summed E-state index contributed by atoms with van der Waals surface area (Å²) in [5.74, 6) is -1.04. The third-order valence-corrected chi connectivity index (χ3v) is 1.84. The molecule has 0 saturated carbocycles. The smallest absolute Gasteiger partial charge is 0.325 e. The Kier molecular flexibility index (Phi) is 6.17. The van der Waals surface area contributed by atoms with Gasteiger partial charge in [0.15, 0.2) is 0 Å². The fourth-order valence-electron chi connectivity index (χ4n) is 1.04. The highest BCUT2D eigenvalue weighted by atomic mass is 16.4. The Morgan fingerprint density at radius 1 is 1.60 bits per heavy atom. The molecule has 15 heavy (non-hydrogen) atoms. The van der Waals surface area contributed by atoms with Crippen LogP contribution in [0.4, 0.5) is 4.79 Å². The zero-order valence-electron chi connectivity index (χ0n) is 9.19. The minimum atomic E-state index is -1.04. The van der Waals surface area contributed by atoms with Crippen molar-refractivity contribution in [2.24, 2.45) is 0 Å². The molecule has 0 spiro atoms. The summed E-state index contributed by atoms with van der Waals surface area (Å²) >= 11 is 0. The highest BCUT2D eigenvalue weighted by molar-refractivity contribution is 5.82. The van der Waals surface area contributed by atoms with Crippen LogP contribution in [0.2, 0.25) is 0 Å². The predicted octanol–water partition coefficient (Wildman–Crippen LogP) is 1.07.